The second-order valence-electron chi connectivity index (χ2n) is 3.17. The largest absolute Gasteiger partial charge is 0.484 e. The predicted molar refractivity (Wildman–Crippen MR) is 62.5 cm³/mol. The summed E-state index contributed by atoms with van der Waals surface area (Å²) in [4.78, 5) is 21.9. The number of aromatic carboxylic acids is 1. The Kier molecular flexibility index (Phi) is 4.96. The molecular weight excluding hydrogens is 260 g/mol. The van der Waals surface area contributed by atoms with E-state index in [1.165, 1.54) is 18.2 Å². The molecule has 0 fully saturated rings. The minimum atomic E-state index is -1.18. The van der Waals surface area contributed by atoms with Crippen LogP contribution in [0.3, 0.4) is 0 Å². The number of carbonyl (C=O) groups is 2. The Morgan fingerprint density at radius 1 is 1.50 bits per heavy atom. The maximum Gasteiger partial charge on any atom is 0.337 e. The van der Waals surface area contributed by atoms with Gasteiger partial charge in [-0.15, -0.1) is 0 Å². The number of carbonyl (C=O) groups excluding carboxylic acids is 1. The van der Waals surface area contributed by atoms with E-state index in [2.05, 4.69) is 5.32 Å². The molecule has 1 aromatic carbocycles. The van der Waals surface area contributed by atoms with E-state index in [0.29, 0.717) is 0 Å². The first-order chi connectivity index (χ1) is 8.54. The number of benzene rings is 1. The molecule has 7 heteroatoms. The minimum absolute atomic E-state index is 0.0868. The van der Waals surface area contributed by atoms with Gasteiger partial charge in [0.2, 0.25) is 0 Å². The van der Waals surface area contributed by atoms with Crippen LogP contribution in [0.25, 0.3) is 0 Å². The summed E-state index contributed by atoms with van der Waals surface area (Å²) in [6.07, 6.45) is 0. The summed E-state index contributed by atoms with van der Waals surface area (Å²) in [5.74, 6) is -1.44. The lowest BCUT2D eigenvalue weighted by atomic mass is 10.2. The molecule has 1 rings (SSSR count). The van der Waals surface area contributed by atoms with Crippen LogP contribution >= 0.6 is 11.6 Å². The van der Waals surface area contributed by atoms with Crippen LogP contribution in [0.5, 0.6) is 5.75 Å². The Morgan fingerprint density at radius 2 is 2.22 bits per heavy atom. The molecule has 0 aliphatic heterocycles. The molecule has 18 heavy (non-hydrogen) atoms. The topological polar surface area (TPSA) is 99.4 Å². The van der Waals surface area contributed by atoms with Crippen LogP contribution in [0, 0.1) is 11.3 Å². The van der Waals surface area contributed by atoms with Gasteiger partial charge in [0, 0.05) is 0 Å². The quantitative estimate of drug-likeness (QED) is 0.778. The summed E-state index contributed by atoms with van der Waals surface area (Å²) in [7, 11) is 0. The molecule has 0 aromatic heterocycles. The summed E-state index contributed by atoms with van der Waals surface area (Å²) in [6.45, 7) is -0.411. The molecular formula is C11H9ClN2O4. The number of ether oxygens (including phenoxy) is 1. The normalized spacial score (nSPS) is 9.33. The second kappa shape index (κ2) is 6.47. The zero-order valence-electron chi connectivity index (χ0n) is 9.14. The summed E-state index contributed by atoms with van der Waals surface area (Å²) in [5.41, 5.74) is -0.105. The van der Waals surface area contributed by atoms with Crippen LogP contribution in [-0.4, -0.2) is 30.1 Å². The van der Waals surface area contributed by atoms with Gasteiger partial charge in [0.05, 0.1) is 16.7 Å². The molecule has 94 valence electrons. The van der Waals surface area contributed by atoms with Crippen molar-refractivity contribution in [1.82, 2.24) is 5.32 Å². The first-order valence-corrected chi connectivity index (χ1v) is 5.21. The number of carboxylic acids is 1. The van der Waals surface area contributed by atoms with Crippen LogP contribution in [-0.2, 0) is 4.79 Å². The Hall–Kier alpha value is -2.26. The Bertz CT molecular complexity index is 510. The lowest BCUT2D eigenvalue weighted by molar-refractivity contribution is -0.122. The number of carboxylic acid groups (broad SMARTS) is 1. The van der Waals surface area contributed by atoms with Gasteiger partial charge in [-0.2, -0.15) is 5.26 Å². The molecule has 0 aliphatic carbocycles. The van der Waals surface area contributed by atoms with Crippen LogP contribution in [0.15, 0.2) is 18.2 Å². The monoisotopic (exact) mass is 268 g/mol. The molecule has 0 unspecified atom stereocenters. The molecule has 0 spiro atoms. The first-order valence-electron chi connectivity index (χ1n) is 4.84. The molecule has 2 N–H and O–H groups in total. The van der Waals surface area contributed by atoms with Crippen molar-refractivity contribution < 1.29 is 19.4 Å². The smallest absolute Gasteiger partial charge is 0.337 e. The van der Waals surface area contributed by atoms with Crippen molar-refractivity contribution in [3.8, 4) is 11.8 Å². The third kappa shape index (κ3) is 3.96. The van der Waals surface area contributed by atoms with E-state index in [1.807, 2.05) is 0 Å². The molecule has 0 heterocycles. The lowest BCUT2D eigenvalue weighted by Crippen LogP contribution is -2.29. The van der Waals surface area contributed by atoms with Crippen molar-refractivity contribution in [1.29, 1.82) is 5.26 Å². The van der Waals surface area contributed by atoms with Crippen LogP contribution in [0.2, 0.25) is 5.02 Å². The molecule has 6 nitrogen and oxygen atoms in total. The lowest BCUT2D eigenvalue weighted by Gasteiger charge is -2.07. The van der Waals surface area contributed by atoms with E-state index in [4.69, 9.17) is 26.7 Å². The molecule has 1 aromatic rings. The van der Waals surface area contributed by atoms with Gasteiger partial charge in [-0.1, -0.05) is 11.6 Å². The fraction of sp³-hybridized carbons (Fsp3) is 0.182. The molecule has 1 amide bonds. The van der Waals surface area contributed by atoms with Gasteiger partial charge in [-0.3, -0.25) is 4.79 Å². The highest BCUT2D eigenvalue weighted by atomic mass is 35.5. The van der Waals surface area contributed by atoms with Crippen molar-refractivity contribution in [2.45, 2.75) is 0 Å². The standard InChI is InChI=1S/C11H9ClN2O4/c12-9-2-1-7(5-8(9)11(16)17)18-6-10(15)14-4-3-13/h1-2,5H,4,6H2,(H,14,15)(H,16,17). The number of nitriles is 1. The summed E-state index contributed by atoms with van der Waals surface area (Å²) in [5, 5.41) is 19.4. The van der Waals surface area contributed by atoms with Gasteiger partial charge < -0.3 is 15.2 Å². The number of halogens is 1. The van der Waals surface area contributed by atoms with Gasteiger partial charge in [0.1, 0.15) is 12.3 Å². The maximum atomic E-state index is 11.1. The van der Waals surface area contributed by atoms with E-state index in [9.17, 15) is 9.59 Å². The van der Waals surface area contributed by atoms with Crippen molar-refractivity contribution in [2.24, 2.45) is 0 Å². The molecule has 0 aliphatic rings. The fourth-order valence-corrected chi connectivity index (χ4v) is 1.29. The average Bonchev–Trinajstić information content (AvgIpc) is 2.35. The third-order valence-corrected chi connectivity index (χ3v) is 2.23. The number of amides is 1. The highest BCUT2D eigenvalue weighted by molar-refractivity contribution is 6.33. The third-order valence-electron chi connectivity index (χ3n) is 1.90. The van der Waals surface area contributed by atoms with Crippen LogP contribution < -0.4 is 10.1 Å². The molecule has 0 radical (unpaired) electrons. The summed E-state index contributed by atoms with van der Waals surface area (Å²) < 4.78 is 5.07. The number of hydrogen-bond donors (Lipinski definition) is 2. The minimum Gasteiger partial charge on any atom is -0.484 e. The van der Waals surface area contributed by atoms with Crippen molar-refractivity contribution in [3.05, 3.63) is 28.8 Å². The average molecular weight is 269 g/mol. The van der Waals surface area contributed by atoms with E-state index in [1.54, 1.807) is 6.07 Å². The van der Waals surface area contributed by atoms with Gasteiger partial charge in [-0.05, 0) is 18.2 Å². The number of nitrogens with zero attached hydrogens (tertiary/aromatic N) is 1. The van der Waals surface area contributed by atoms with E-state index >= 15 is 0 Å². The molecule has 0 saturated carbocycles. The number of rotatable bonds is 5. The Labute approximate surface area is 108 Å². The zero-order chi connectivity index (χ0) is 13.5. The maximum absolute atomic E-state index is 11.1. The van der Waals surface area contributed by atoms with Crippen LogP contribution in [0.1, 0.15) is 10.4 Å². The summed E-state index contributed by atoms with van der Waals surface area (Å²) in [6, 6.07) is 5.79. The van der Waals surface area contributed by atoms with Crippen molar-refractivity contribution >= 4 is 23.5 Å². The predicted octanol–water partition coefficient (Wildman–Crippen LogP) is 1.06. The summed E-state index contributed by atoms with van der Waals surface area (Å²) >= 11 is 5.67. The highest BCUT2D eigenvalue weighted by Crippen LogP contribution is 2.21. The molecule has 0 bridgehead atoms. The van der Waals surface area contributed by atoms with E-state index < -0.39 is 11.9 Å². The van der Waals surface area contributed by atoms with Gasteiger partial charge in [0.25, 0.3) is 5.91 Å². The second-order valence-corrected chi connectivity index (χ2v) is 3.58. The van der Waals surface area contributed by atoms with Crippen molar-refractivity contribution in [2.75, 3.05) is 13.2 Å². The van der Waals surface area contributed by atoms with Gasteiger partial charge >= 0.3 is 5.97 Å². The zero-order valence-corrected chi connectivity index (χ0v) is 9.90. The number of hydrogen-bond acceptors (Lipinski definition) is 4. The SMILES string of the molecule is N#CCNC(=O)COc1ccc(Cl)c(C(=O)O)c1. The highest BCUT2D eigenvalue weighted by Gasteiger charge is 2.10. The fourth-order valence-electron chi connectivity index (χ4n) is 1.10. The van der Waals surface area contributed by atoms with E-state index in [-0.39, 0.29) is 29.5 Å². The number of nitrogens with one attached hydrogen (secondary N) is 1. The van der Waals surface area contributed by atoms with Crippen molar-refractivity contribution in [3.63, 3.8) is 0 Å². The first kappa shape index (κ1) is 13.8. The van der Waals surface area contributed by atoms with Gasteiger partial charge in [-0.25, -0.2) is 4.79 Å². The van der Waals surface area contributed by atoms with Gasteiger partial charge in [0.15, 0.2) is 6.61 Å². The van der Waals surface area contributed by atoms with E-state index in [0.717, 1.165) is 0 Å². The Morgan fingerprint density at radius 3 is 2.83 bits per heavy atom. The van der Waals surface area contributed by atoms with Crippen LogP contribution in [0.4, 0.5) is 0 Å². The Balaban J connectivity index is 2.64. The molecule has 0 saturated heterocycles. The molecule has 0 atom stereocenters.